The molecule has 1 heterocycles. The number of hydrogen-bond donors (Lipinski definition) is 3. The Morgan fingerprint density at radius 2 is 2.24 bits per heavy atom. The summed E-state index contributed by atoms with van der Waals surface area (Å²) in [6.45, 7) is 4.10. The molecule has 0 spiro atoms. The van der Waals surface area contributed by atoms with Gasteiger partial charge in [-0.05, 0) is 30.4 Å². The normalized spacial score (nSPS) is 11.9. The van der Waals surface area contributed by atoms with Crippen LogP contribution in [0, 0.1) is 6.92 Å². The predicted molar refractivity (Wildman–Crippen MR) is 66.1 cm³/mol. The van der Waals surface area contributed by atoms with Crippen molar-refractivity contribution in [1.29, 1.82) is 0 Å². The minimum absolute atomic E-state index is 0.362. The number of nitrogens with one attached hydrogen (secondary N) is 2. The van der Waals surface area contributed by atoms with Gasteiger partial charge in [-0.3, -0.25) is 0 Å². The van der Waals surface area contributed by atoms with Gasteiger partial charge in [-0.15, -0.1) is 11.3 Å². The van der Waals surface area contributed by atoms with Gasteiger partial charge >= 0.3 is 12.0 Å². The minimum atomic E-state index is -1.02. The molecule has 5 nitrogen and oxygen atoms in total. The minimum Gasteiger partial charge on any atom is -0.480 e. The van der Waals surface area contributed by atoms with E-state index < -0.39 is 18.0 Å². The maximum Gasteiger partial charge on any atom is 0.326 e. The van der Waals surface area contributed by atoms with Gasteiger partial charge in [0, 0.05) is 4.88 Å². The van der Waals surface area contributed by atoms with Crippen LogP contribution in [0.4, 0.5) is 4.79 Å². The Labute approximate surface area is 104 Å². The third kappa shape index (κ3) is 4.07. The molecule has 0 unspecified atom stereocenters. The summed E-state index contributed by atoms with van der Waals surface area (Å²) in [5.74, 6) is -1.02. The third-order valence-corrected chi connectivity index (χ3v) is 3.41. The van der Waals surface area contributed by atoms with E-state index in [2.05, 4.69) is 10.6 Å². The molecule has 0 radical (unpaired) electrons. The van der Waals surface area contributed by atoms with E-state index in [4.69, 9.17) is 5.11 Å². The van der Waals surface area contributed by atoms with Crippen LogP contribution < -0.4 is 10.6 Å². The van der Waals surface area contributed by atoms with Crippen molar-refractivity contribution < 1.29 is 14.7 Å². The van der Waals surface area contributed by atoms with E-state index in [1.54, 1.807) is 18.3 Å². The molecule has 1 aromatic rings. The summed E-state index contributed by atoms with van der Waals surface area (Å²) >= 11 is 1.56. The van der Waals surface area contributed by atoms with Crippen LogP contribution in [-0.2, 0) is 11.3 Å². The van der Waals surface area contributed by atoms with Gasteiger partial charge < -0.3 is 15.7 Å². The van der Waals surface area contributed by atoms with Gasteiger partial charge in [0.2, 0.25) is 0 Å². The second-order valence-corrected chi connectivity index (χ2v) is 4.65. The molecule has 0 aliphatic rings. The van der Waals surface area contributed by atoms with E-state index in [0.717, 1.165) is 10.4 Å². The van der Waals surface area contributed by atoms with Crippen LogP contribution in [0.25, 0.3) is 0 Å². The Morgan fingerprint density at radius 3 is 2.71 bits per heavy atom. The second kappa shape index (κ2) is 6.24. The number of carbonyl (C=O) groups excluding carboxylic acids is 1. The lowest BCUT2D eigenvalue weighted by Crippen LogP contribution is -2.45. The van der Waals surface area contributed by atoms with Gasteiger partial charge in [-0.25, -0.2) is 9.59 Å². The number of carboxylic acid groups (broad SMARTS) is 1. The van der Waals surface area contributed by atoms with Gasteiger partial charge in [0.1, 0.15) is 6.04 Å². The summed E-state index contributed by atoms with van der Waals surface area (Å²) in [6, 6.07) is 0.692. The quantitative estimate of drug-likeness (QED) is 0.750. The molecular formula is C11H16N2O3S. The Kier molecular flexibility index (Phi) is 4.96. The topological polar surface area (TPSA) is 78.4 Å². The first-order chi connectivity index (χ1) is 8.04. The fourth-order valence-electron chi connectivity index (χ4n) is 1.29. The summed E-state index contributed by atoms with van der Waals surface area (Å²) in [7, 11) is 0. The molecule has 1 aromatic heterocycles. The maximum atomic E-state index is 11.4. The molecule has 1 rings (SSSR count). The fourth-order valence-corrected chi connectivity index (χ4v) is 2.14. The third-order valence-electron chi connectivity index (χ3n) is 2.39. The van der Waals surface area contributed by atoms with Crippen LogP contribution in [0.2, 0.25) is 0 Å². The van der Waals surface area contributed by atoms with Gasteiger partial charge in [0.15, 0.2) is 0 Å². The molecule has 0 saturated carbocycles. The molecule has 2 amide bonds. The zero-order valence-corrected chi connectivity index (χ0v) is 10.6. The number of rotatable bonds is 5. The Morgan fingerprint density at radius 1 is 1.53 bits per heavy atom. The van der Waals surface area contributed by atoms with E-state index in [1.807, 2.05) is 18.4 Å². The summed E-state index contributed by atoms with van der Waals surface area (Å²) in [5.41, 5.74) is 1.13. The van der Waals surface area contributed by atoms with Crippen LogP contribution in [0.1, 0.15) is 23.8 Å². The van der Waals surface area contributed by atoms with Crippen molar-refractivity contribution in [3.8, 4) is 0 Å². The standard InChI is InChI=1S/C11H16N2O3S/c1-3-8(10(14)15)13-11(16)12-6-9-7(2)4-5-17-9/h4-5,8H,3,6H2,1-2H3,(H,14,15)(H2,12,13,16)/t8-/m0/s1. The smallest absolute Gasteiger partial charge is 0.326 e. The van der Waals surface area contributed by atoms with E-state index in [-0.39, 0.29) is 0 Å². The highest BCUT2D eigenvalue weighted by molar-refractivity contribution is 7.10. The molecule has 0 aliphatic carbocycles. The molecule has 0 aromatic carbocycles. The molecule has 3 N–H and O–H groups in total. The summed E-state index contributed by atoms with van der Waals surface area (Å²) < 4.78 is 0. The number of thiophene rings is 1. The number of aryl methyl sites for hydroxylation is 1. The Hall–Kier alpha value is -1.56. The lowest BCUT2D eigenvalue weighted by Gasteiger charge is -2.12. The number of hydrogen-bond acceptors (Lipinski definition) is 3. The zero-order chi connectivity index (χ0) is 12.8. The van der Waals surface area contributed by atoms with Crippen molar-refractivity contribution >= 4 is 23.3 Å². The number of aliphatic carboxylic acids is 1. The van der Waals surface area contributed by atoms with Crippen molar-refractivity contribution in [2.45, 2.75) is 32.9 Å². The van der Waals surface area contributed by atoms with E-state index in [0.29, 0.717) is 13.0 Å². The Bertz CT molecular complexity index is 403. The Balaban J connectivity index is 2.40. The first kappa shape index (κ1) is 13.5. The fraction of sp³-hybridized carbons (Fsp3) is 0.455. The molecule has 6 heteroatoms. The first-order valence-corrected chi connectivity index (χ1v) is 6.22. The highest BCUT2D eigenvalue weighted by Gasteiger charge is 2.17. The van der Waals surface area contributed by atoms with E-state index >= 15 is 0 Å². The van der Waals surface area contributed by atoms with Gasteiger partial charge in [-0.1, -0.05) is 6.92 Å². The van der Waals surface area contributed by atoms with Gasteiger partial charge in [0.05, 0.1) is 6.54 Å². The summed E-state index contributed by atoms with van der Waals surface area (Å²) in [5, 5.41) is 15.8. The van der Waals surface area contributed by atoms with E-state index in [9.17, 15) is 9.59 Å². The SMILES string of the molecule is CC[C@H](NC(=O)NCc1sccc1C)C(=O)O. The predicted octanol–water partition coefficient (Wildman–Crippen LogP) is 1.72. The molecule has 0 aliphatic heterocycles. The average Bonchev–Trinajstić information content (AvgIpc) is 2.68. The van der Waals surface area contributed by atoms with Crippen molar-refractivity contribution in [2.24, 2.45) is 0 Å². The van der Waals surface area contributed by atoms with Crippen LogP contribution in [0.5, 0.6) is 0 Å². The highest BCUT2D eigenvalue weighted by Crippen LogP contribution is 2.14. The summed E-state index contributed by atoms with van der Waals surface area (Å²) in [4.78, 5) is 23.2. The lowest BCUT2D eigenvalue weighted by atomic mass is 10.2. The maximum absolute atomic E-state index is 11.4. The lowest BCUT2D eigenvalue weighted by molar-refractivity contribution is -0.139. The largest absolute Gasteiger partial charge is 0.480 e. The molecule has 1 atom stereocenters. The number of urea groups is 1. The zero-order valence-electron chi connectivity index (χ0n) is 9.82. The van der Waals surface area contributed by atoms with Gasteiger partial charge in [0.25, 0.3) is 0 Å². The van der Waals surface area contributed by atoms with Crippen molar-refractivity contribution in [3.63, 3.8) is 0 Å². The van der Waals surface area contributed by atoms with Crippen LogP contribution in [-0.4, -0.2) is 23.1 Å². The van der Waals surface area contributed by atoms with Crippen molar-refractivity contribution in [3.05, 3.63) is 21.9 Å². The number of amides is 2. The molecule has 94 valence electrons. The van der Waals surface area contributed by atoms with Crippen LogP contribution >= 0.6 is 11.3 Å². The van der Waals surface area contributed by atoms with Crippen LogP contribution in [0.3, 0.4) is 0 Å². The summed E-state index contributed by atoms with van der Waals surface area (Å²) in [6.07, 6.45) is 0.362. The van der Waals surface area contributed by atoms with E-state index in [1.165, 1.54) is 0 Å². The van der Waals surface area contributed by atoms with Crippen LogP contribution in [0.15, 0.2) is 11.4 Å². The number of carbonyl (C=O) groups is 2. The molecule has 0 saturated heterocycles. The molecular weight excluding hydrogens is 240 g/mol. The highest BCUT2D eigenvalue weighted by atomic mass is 32.1. The molecule has 0 fully saturated rings. The number of carboxylic acids is 1. The van der Waals surface area contributed by atoms with Crippen molar-refractivity contribution in [1.82, 2.24) is 10.6 Å². The second-order valence-electron chi connectivity index (χ2n) is 3.65. The average molecular weight is 256 g/mol. The molecule has 0 bridgehead atoms. The van der Waals surface area contributed by atoms with Gasteiger partial charge in [-0.2, -0.15) is 0 Å². The monoisotopic (exact) mass is 256 g/mol. The first-order valence-electron chi connectivity index (χ1n) is 5.34. The van der Waals surface area contributed by atoms with Crippen molar-refractivity contribution in [2.75, 3.05) is 0 Å². The molecule has 17 heavy (non-hydrogen) atoms.